The Labute approximate surface area is 102 Å². The van der Waals surface area contributed by atoms with E-state index in [1.165, 1.54) is 0 Å². The molecule has 0 aromatic heterocycles. The van der Waals surface area contributed by atoms with Crippen molar-refractivity contribution in [2.24, 2.45) is 27.2 Å². The molecule has 1 rings (SSSR count). The average molecular weight is 249 g/mol. The summed E-state index contributed by atoms with van der Waals surface area (Å²) >= 11 is 0. The van der Waals surface area contributed by atoms with Gasteiger partial charge in [-0.1, -0.05) is 34.6 Å². The lowest BCUT2D eigenvalue weighted by molar-refractivity contribution is -0.145. The van der Waals surface area contributed by atoms with Crippen LogP contribution in [0.2, 0.25) is 0 Å². The third-order valence-corrected chi connectivity index (χ3v) is 2.12. The summed E-state index contributed by atoms with van der Waals surface area (Å²) in [5.41, 5.74) is 9.50. The Morgan fingerprint density at radius 3 is 2.61 bits per heavy atom. The molecule has 1 aromatic carbocycles. The van der Waals surface area contributed by atoms with E-state index >= 15 is 0 Å². The van der Waals surface area contributed by atoms with Crippen molar-refractivity contribution < 1.29 is 9.63 Å². The third-order valence-electron chi connectivity index (χ3n) is 2.12. The highest BCUT2D eigenvalue weighted by Gasteiger charge is 2.19. The van der Waals surface area contributed by atoms with E-state index in [9.17, 15) is 4.79 Å². The third kappa shape index (κ3) is 3.74. The molecule has 0 heterocycles. The first-order chi connectivity index (χ1) is 8.71. The first-order valence-electron chi connectivity index (χ1n) is 4.86. The zero-order chi connectivity index (χ0) is 13.4. The van der Waals surface area contributed by atoms with Crippen molar-refractivity contribution in [3.63, 3.8) is 0 Å². The quantitative estimate of drug-likeness (QED) is 0.265. The number of hydrogen-bond acceptors (Lipinski definition) is 6. The summed E-state index contributed by atoms with van der Waals surface area (Å²) in [6.07, 6.45) is 0.229. The van der Waals surface area contributed by atoms with Crippen LogP contribution in [0.15, 0.2) is 39.7 Å². The summed E-state index contributed by atoms with van der Waals surface area (Å²) in [4.78, 5) is 18.0. The van der Waals surface area contributed by atoms with Gasteiger partial charge in [0.1, 0.15) is 0 Å². The fraction of sp³-hybridized carbons (Fsp3) is 0.222. The van der Waals surface area contributed by atoms with E-state index in [1.54, 1.807) is 24.3 Å². The van der Waals surface area contributed by atoms with E-state index in [2.05, 4.69) is 25.2 Å². The Kier molecular flexibility index (Phi) is 5.10. The number of hydrogen-bond donors (Lipinski definition) is 2. The molecule has 1 aromatic rings. The minimum atomic E-state index is -0.898. The van der Waals surface area contributed by atoms with Crippen LogP contribution in [-0.4, -0.2) is 12.0 Å². The van der Waals surface area contributed by atoms with Gasteiger partial charge in [0.2, 0.25) is 0 Å². The topological polar surface area (TPSA) is 152 Å². The zero-order valence-electron chi connectivity index (χ0n) is 9.30. The molecule has 1 atom stereocenters. The summed E-state index contributed by atoms with van der Waals surface area (Å²) in [6.45, 7) is 0. The Hall–Kier alpha value is -2.64. The molecule has 0 aliphatic carbocycles. The summed E-state index contributed by atoms with van der Waals surface area (Å²) in [6, 6.07) is 5.70. The lowest BCUT2D eigenvalue weighted by Crippen LogP contribution is -2.26. The molecule has 9 heteroatoms. The van der Waals surface area contributed by atoms with E-state index in [0.29, 0.717) is 5.69 Å². The van der Waals surface area contributed by atoms with Crippen molar-refractivity contribution >= 4 is 11.7 Å². The van der Waals surface area contributed by atoms with Crippen molar-refractivity contribution in [3.05, 3.63) is 40.3 Å². The molecule has 0 bridgehead atoms. The van der Waals surface area contributed by atoms with Crippen LogP contribution in [-0.2, 0) is 16.1 Å². The maximum Gasteiger partial charge on any atom is 0.351 e. The van der Waals surface area contributed by atoms with Gasteiger partial charge >= 0.3 is 5.97 Å². The van der Waals surface area contributed by atoms with Crippen LogP contribution >= 0.6 is 0 Å². The zero-order valence-corrected chi connectivity index (χ0v) is 9.30. The molecule has 94 valence electrons. The minimum Gasteiger partial charge on any atom is -0.372 e. The van der Waals surface area contributed by atoms with Crippen LogP contribution in [0.5, 0.6) is 0 Å². The molecule has 0 amide bonds. The first-order valence-corrected chi connectivity index (χ1v) is 4.86. The maximum atomic E-state index is 11.3. The molecule has 0 aliphatic heterocycles. The second-order valence-electron chi connectivity index (χ2n) is 3.24. The molecule has 18 heavy (non-hydrogen) atoms. The smallest absolute Gasteiger partial charge is 0.351 e. The van der Waals surface area contributed by atoms with Gasteiger partial charge in [0.15, 0.2) is 6.04 Å². The lowest BCUT2D eigenvalue weighted by Gasteiger charge is -2.07. The Morgan fingerprint density at radius 1 is 1.44 bits per heavy atom. The molecule has 0 aliphatic rings. The summed E-state index contributed by atoms with van der Waals surface area (Å²) in [5.74, 6) is 8.93. The number of benzene rings is 1. The van der Waals surface area contributed by atoms with E-state index in [0.717, 1.165) is 5.56 Å². The number of carbonyl (C=O) groups is 1. The molecule has 0 fully saturated rings. The molecule has 0 spiro atoms. The fourth-order valence-corrected chi connectivity index (χ4v) is 1.30. The fourth-order valence-electron chi connectivity index (χ4n) is 1.30. The monoisotopic (exact) mass is 249 g/mol. The second-order valence-corrected chi connectivity index (χ2v) is 3.24. The van der Waals surface area contributed by atoms with Crippen molar-refractivity contribution in [1.29, 1.82) is 0 Å². The SMILES string of the molecule is [N-]=[N+]=Nc1ccc(C[C@H](N=NN)C(=O)ON)cc1. The van der Waals surface area contributed by atoms with Crippen molar-refractivity contribution in [2.75, 3.05) is 0 Å². The highest BCUT2D eigenvalue weighted by Crippen LogP contribution is 2.15. The van der Waals surface area contributed by atoms with Gasteiger partial charge in [-0.2, -0.15) is 11.0 Å². The van der Waals surface area contributed by atoms with E-state index in [-0.39, 0.29) is 6.42 Å². The van der Waals surface area contributed by atoms with Crippen LogP contribution in [0.3, 0.4) is 0 Å². The first kappa shape index (κ1) is 13.4. The van der Waals surface area contributed by atoms with Gasteiger partial charge in [0.25, 0.3) is 0 Å². The van der Waals surface area contributed by atoms with Gasteiger partial charge in [0, 0.05) is 17.0 Å². The van der Waals surface area contributed by atoms with Crippen LogP contribution in [0, 0.1) is 0 Å². The van der Waals surface area contributed by atoms with E-state index in [4.69, 9.17) is 17.3 Å². The maximum absolute atomic E-state index is 11.3. The number of carbonyl (C=O) groups excluding carboxylic acids is 1. The standard InChI is InChI=1S/C9H11N7O2/c10-15-13-7-3-1-6(2-4-7)5-8(14-16-11)9(17)18-12/h1-4,8H,5,12H2,(H2,11,14)/t8-/m0/s1. The predicted octanol–water partition coefficient (Wildman–Crippen LogP) is 1.28. The van der Waals surface area contributed by atoms with Crippen LogP contribution < -0.4 is 11.7 Å². The van der Waals surface area contributed by atoms with Gasteiger partial charge in [-0.25, -0.2) is 4.79 Å². The van der Waals surface area contributed by atoms with E-state index < -0.39 is 12.0 Å². The molecule has 0 radical (unpaired) electrons. The molecule has 0 saturated heterocycles. The number of azide groups is 1. The molecule has 9 nitrogen and oxygen atoms in total. The summed E-state index contributed by atoms with van der Waals surface area (Å²) in [5, 5.41) is 9.99. The highest BCUT2D eigenvalue weighted by molar-refractivity contribution is 5.75. The summed E-state index contributed by atoms with van der Waals surface area (Å²) < 4.78 is 0. The van der Waals surface area contributed by atoms with Gasteiger partial charge in [0.05, 0.1) is 0 Å². The molecule has 0 unspecified atom stereocenters. The number of nitrogens with two attached hydrogens (primary N) is 2. The van der Waals surface area contributed by atoms with Crippen LogP contribution in [0.25, 0.3) is 10.4 Å². The molecular formula is C9H11N7O2. The normalized spacial score (nSPS) is 11.8. The van der Waals surface area contributed by atoms with Crippen LogP contribution in [0.1, 0.15) is 5.56 Å². The van der Waals surface area contributed by atoms with Gasteiger partial charge in [-0.05, 0) is 11.1 Å². The summed E-state index contributed by atoms with van der Waals surface area (Å²) in [7, 11) is 0. The van der Waals surface area contributed by atoms with Crippen molar-refractivity contribution in [2.45, 2.75) is 12.5 Å². The predicted molar refractivity (Wildman–Crippen MR) is 62.1 cm³/mol. The highest BCUT2D eigenvalue weighted by atomic mass is 16.7. The van der Waals surface area contributed by atoms with Crippen molar-refractivity contribution in [3.8, 4) is 0 Å². The Bertz CT molecular complexity index is 478. The van der Waals surface area contributed by atoms with Gasteiger partial charge in [-0.3, -0.25) is 0 Å². The average Bonchev–Trinajstić information content (AvgIpc) is 2.40. The van der Waals surface area contributed by atoms with Crippen molar-refractivity contribution in [1.82, 2.24) is 0 Å². The number of nitrogens with zero attached hydrogens (tertiary/aromatic N) is 5. The molecule has 0 saturated carbocycles. The lowest BCUT2D eigenvalue weighted by atomic mass is 10.1. The Morgan fingerprint density at radius 2 is 2.11 bits per heavy atom. The van der Waals surface area contributed by atoms with E-state index in [1.807, 2.05) is 0 Å². The number of rotatable bonds is 5. The largest absolute Gasteiger partial charge is 0.372 e. The van der Waals surface area contributed by atoms with Gasteiger partial charge < -0.3 is 10.7 Å². The van der Waals surface area contributed by atoms with Gasteiger partial charge in [-0.15, -0.1) is 0 Å². The van der Waals surface area contributed by atoms with Crippen LogP contribution in [0.4, 0.5) is 5.69 Å². The second kappa shape index (κ2) is 6.84. The molecule has 4 N–H and O–H groups in total. The Balaban J connectivity index is 2.80. The molecular weight excluding hydrogens is 238 g/mol. The minimum absolute atomic E-state index is 0.229.